The second kappa shape index (κ2) is 9.27. The van der Waals surface area contributed by atoms with Gasteiger partial charge in [-0.05, 0) is 43.3 Å². The fourth-order valence-corrected chi connectivity index (χ4v) is 4.45. The third kappa shape index (κ3) is 4.15. The highest BCUT2D eigenvalue weighted by Gasteiger charge is 2.28. The molecule has 0 saturated carbocycles. The lowest BCUT2D eigenvalue weighted by molar-refractivity contribution is 0.0737. The zero-order chi connectivity index (χ0) is 23.7. The van der Waals surface area contributed by atoms with E-state index in [4.69, 9.17) is 25.9 Å². The van der Waals surface area contributed by atoms with Gasteiger partial charge in [-0.15, -0.1) is 0 Å². The molecule has 1 saturated heterocycles. The van der Waals surface area contributed by atoms with Crippen LogP contribution in [0.25, 0.3) is 17.1 Å². The number of anilines is 1. The summed E-state index contributed by atoms with van der Waals surface area (Å²) < 4.78 is 12.9. The highest BCUT2D eigenvalue weighted by Crippen LogP contribution is 2.30. The van der Waals surface area contributed by atoms with Crippen molar-refractivity contribution in [1.29, 1.82) is 0 Å². The molecule has 5 rings (SSSR count). The number of halogens is 1. The molecule has 0 N–H and O–H groups in total. The number of aromatic nitrogens is 2. The Morgan fingerprint density at radius 1 is 0.971 bits per heavy atom. The minimum atomic E-state index is -0.0957. The predicted octanol–water partition coefficient (Wildman–Crippen LogP) is 5.07. The van der Waals surface area contributed by atoms with E-state index in [0.717, 1.165) is 17.2 Å². The molecular formula is C26H25ClN4O3. The summed E-state index contributed by atoms with van der Waals surface area (Å²) in [6.45, 7) is 4.45. The number of hydrogen-bond donors (Lipinski definition) is 0. The topological polar surface area (TPSA) is 63.7 Å². The fourth-order valence-electron chi connectivity index (χ4n) is 4.24. The van der Waals surface area contributed by atoms with Crippen LogP contribution in [0.1, 0.15) is 16.2 Å². The number of rotatable bonds is 5. The van der Waals surface area contributed by atoms with Crippen LogP contribution in [0, 0.1) is 6.92 Å². The van der Waals surface area contributed by atoms with Gasteiger partial charge in [0, 0.05) is 32.2 Å². The van der Waals surface area contributed by atoms with E-state index < -0.39 is 0 Å². The number of piperazine rings is 1. The lowest BCUT2D eigenvalue weighted by atomic mass is 10.2. The first-order valence-corrected chi connectivity index (χ1v) is 11.5. The van der Waals surface area contributed by atoms with E-state index >= 15 is 0 Å². The summed E-state index contributed by atoms with van der Waals surface area (Å²) in [6.07, 6.45) is 0. The van der Waals surface area contributed by atoms with E-state index in [1.54, 1.807) is 23.9 Å². The molecule has 0 aliphatic carbocycles. The van der Waals surface area contributed by atoms with Gasteiger partial charge >= 0.3 is 0 Å². The van der Waals surface area contributed by atoms with E-state index in [2.05, 4.69) is 4.90 Å². The zero-order valence-corrected chi connectivity index (χ0v) is 19.8. The number of aryl methyl sites for hydroxylation is 1. The van der Waals surface area contributed by atoms with Crippen LogP contribution in [0.2, 0.25) is 5.02 Å². The second-order valence-corrected chi connectivity index (χ2v) is 8.55. The summed E-state index contributed by atoms with van der Waals surface area (Å²) in [5.74, 6) is 2.13. The lowest BCUT2D eigenvalue weighted by Crippen LogP contribution is -2.49. The van der Waals surface area contributed by atoms with E-state index in [0.29, 0.717) is 54.0 Å². The molecule has 0 atom stereocenters. The Kier molecular flexibility index (Phi) is 6.02. The number of ether oxygens (including phenoxy) is 1. The van der Waals surface area contributed by atoms with Gasteiger partial charge in [0.1, 0.15) is 22.9 Å². The zero-order valence-electron chi connectivity index (χ0n) is 19.1. The maximum absolute atomic E-state index is 13.7. The molecule has 2 aromatic heterocycles. The maximum Gasteiger partial charge on any atom is 0.272 e. The largest absolute Gasteiger partial charge is 0.495 e. The predicted molar refractivity (Wildman–Crippen MR) is 132 cm³/mol. The van der Waals surface area contributed by atoms with Gasteiger partial charge in [-0.25, -0.2) is 4.68 Å². The van der Waals surface area contributed by atoms with Crippen molar-refractivity contribution in [3.8, 4) is 22.9 Å². The number of carbonyl (C=O) groups is 1. The highest BCUT2D eigenvalue weighted by atomic mass is 35.5. The van der Waals surface area contributed by atoms with E-state index in [-0.39, 0.29) is 5.91 Å². The van der Waals surface area contributed by atoms with Crippen molar-refractivity contribution in [3.63, 3.8) is 0 Å². The molecule has 8 heteroatoms. The molecule has 0 radical (unpaired) electrons. The Morgan fingerprint density at radius 3 is 2.35 bits per heavy atom. The number of carbonyl (C=O) groups excluding carboxylic acids is 1. The first kappa shape index (κ1) is 22.1. The van der Waals surface area contributed by atoms with Crippen LogP contribution in [-0.2, 0) is 0 Å². The average molecular weight is 477 g/mol. The number of nitrogens with zero attached hydrogens (tertiary/aromatic N) is 4. The molecule has 0 bridgehead atoms. The van der Waals surface area contributed by atoms with E-state index in [9.17, 15) is 4.79 Å². The number of methoxy groups -OCH3 is 1. The maximum atomic E-state index is 13.7. The first-order valence-electron chi connectivity index (χ1n) is 11.1. The smallest absolute Gasteiger partial charge is 0.272 e. The lowest BCUT2D eigenvalue weighted by Gasteiger charge is -2.36. The van der Waals surface area contributed by atoms with Crippen molar-refractivity contribution in [2.75, 3.05) is 38.2 Å². The molecule has 1 aliphatic heterocycles. The van der Waals surface area contributed by atoms with Crippen molar-refractivity contribution < 1.29 is 13.9 Å². The second-order valence-electron chi connectivity index (χ2n) is 8.14. The summed E-state index contributed by atoms with van der Waals surface area (Å²) in [5, 5.41) is 5.21. The van der Waals surface area contributed by atoms with E-state index in [1.807, 2.05) is 66.4 Å². The monoisotopic (exact) mass is 476 g/mol. The van der Waals surface area contributed by atoms with Gasteiger partial charge in [0.15, 0.2) is 5.76 Å². The molecule has 3 heterocycles. The molecule has 0 spiro atoms. The van der Waals surface area contributed by atoms with E-state index in [1.165, 1.54) is 0 Å². The van der Waals surface area contributed by atoms with Gasteiger partial charge in [0.25, 0.3) is 5.91 Å². The minimum Gasteiger partial charge on any atom is -0.495 e. The summed E-state index contributed by atoms with van der Waals surface area (Å²) in [5.41, 5.74) is 2.72. The number of amides is 1. The number of para-hydroxylation sites is 3. The Labute approximate surface area is 203 Å². The van der Waals surface area contributed by atoms with Crippen molar-refractivity contribution in [1.82, 2.24) is 14.7 Å². The van der Waals surface area contributed by atoms with Gasteiger partial charge in [-0.2, -0.15) is 5.10 Å². The Hall–Kier alpha value is -3.71. The Morgan fingerprint density at radius 2 is 1.68 bits per heavy atom. The SMILES string of the molecule is COc1ccccc1N1CCN(C(=O)c2cc(-c3ccc(C)o3)nn2-c2ccccc2Cl)CC1. The van der Waals surface area contributed by atoms with Crippen molar-refractivity contribution in [2.45, 2.75) is 6.92 Å². The van der Waals surface area contributed by atoms with Gasteiger partial charge in [-0.1, -0.05) is 35.9 Å². The summed E-state index contributed by atoms with van der Waals surface area (Å²) in [6, 6.07) is 20.8. The first-order chi connectivity index (χ1) is 16.5. The molecule has 2 aromatic carbocycles. The quantitative estimate of drug-likeness (QED) is 0.402. The Bertz CT molecular complexity index is 1320. The van der Waals surface area contributed by atoms with Crippen LogP contribution >= 0.6 is 11.6 Å². The molecule has 1 amide bonds. The number of benzene rings is 2. The molecule has 0 unspecified atom stereocenters. The molecule has 4 aromatic rings. The molecule has 7 nitrogen and oxygen atoms in total. The van der Waals surface area contributed by atoms with Crippen molar-refractivity contribution >= 4 is 23.2 Å². The third-order valence-electron chi connectivity index (χ3n) is 5.99. The van der Waals surface area contributed by atoms with Gasteiger partial charge in [-0.3, -0.25) is 4.79 Å². The Balaban J connectivity index is 1.43. The molecule has 34 heavy (non-hydrogen) atoms. The third-order valence-corrected chi connectivity index (χ3v) is 6.31. The number of hydrogen-bond acceptors (Lipinski definition) is 5. The van der Waals surface area contributed by atoms with Crippen LogP contribution in [0.15, 0.2) is 71.1 Å². The van der Waals surface area contributed by atoms with Crippen LogP contribution in [0.5, 0.6) is 5.75 Å². The van der Waals surface area contributed by atoms with Crippen LogP contribution < -0.4 is 9.64 Å². The van der Waals surface area contributed by atoms with Gasteiger partial charge in [0.05, 0.1) is 23.5 Å². The standard InChI is InChI=1S/C26H25ClN4O3/c1-18-11-12-24(34-18)20-17-23(31(28-20)21-8-4-3-7-19(21)27)26(32)30-15-13-29(14-16-30)22-9-5-6-10-25(22)33-2/h3-12,17H,13-16H2,1-2H3. The summed E-state index contributed by atoms with van der Waals surface area (Å²) in [4.78, 5) is 17.8. The van der Waals surface area contributed by atoms with Crippen molar-refractivity contribution in [2.24, 2.45) is 0 Å². The molecule has 1 aliphatic rings. The van der Waals surface area contributed by atoms with Crippen LogP contribution in [0.4, 0.5) is 5.69 Å². The highest BCUT2D eigenvalue weighted by molar-refractivity contribution is 6.32. The number of furan rings is 1. The van der Waals surface area contributed by atoms with Crippen LogP contribution in [-0.4, -0.2) is 53.9 Å². The average Bonchev–Trinajstić information content (AvgIpc) is 3.50. The molecule has 1 fully saturated rings. The minimum absolute atomic E-state index is 0.0957. The van der Waals surface area contributed by atoms with Crippen LogP contribution in [0.3, 0.4) is 0 Å². The van der Waals surface area contributed by atoms with Gasteiger partial charge in [0.2, 0.25) is 0 Å². The molecule has 174 valence electrons. The normalized spacial score (nSPS) is 13.9. The van der Waals surface area contributed by atoms with Crippen molar-refractivity contribution in [3.05, 3.63) is 83.2 Å². The van der Waals surface area contributed by atoms with Gasteiger partial charge < -0.3 is 19.0 Å². The molecular weight excluding hydrogens is 452 g/mol. The fraction of sp³-hybridized carbons (Fsp3) is 0.231. The summed E-state index contributed by atoms with van der Waals surface area (Å²) >= 11 is 6.47. The summed E-state index contributed by atoms with van der Waals surface area (Å²) in [7, 11) is 1.67.